The average Bonchev–Trinajstić information content (AvgIpc) is 2.48. The standard InChI is InChI=1S/C17H26N2O/c1-5-19(4)17(20)13(3)18-16-11-10-12(2)14-8-6-7-9-15(14)16/h6-9,12-13,16,18H,5,10-11H2,1-4H3. The van der Waals surface area contributed by atoms with Gasteiger partial charge >= 0.3 is 0 Å². The van der Waals surface area contributed by atoms with Crippen molar-refractivity contribution >= 4 is 5.91 Å². The van der Waals surface area contributed by atoms with Crippen LogP contribution in [0.1, 0.15) is 56.7 Å². The highest BCUT2D eigenvalue weighted by molar-refractivity contribution is 5.81. The first-order valence-corrected chi connectivity index (χ1v) is 7.64. The van der Waals surface area contributed by atoms with Gasteiger partial charge in [-0.05, 0) is 43.7 Å². The van der Waals surface area contributed by atoms with Crippen LogP contribution in [0.2, 0.25) is 0 Å². The molecule has 0 saturated carbocycles. The van der Waals surface area contributed by atoms with E-state index in [1.165, 1.54) is 17.5 Å². The maximum atomic E-state index is 12.2. The third-order valence-electron chi connectivity index (χ3n) is 4.46. The van der Waals surface area contributed by atoms with Crippen molar-refractivity contribution in [1.82, 2.24) is 10.2 Å². The summed E-state index contributed by atoms with van der Waals surface area (Å²) < 4.78 is 0. The van der Waals surface area contributed by atoms with Crippen molar-refractivity contribution in [3.63, 3.8) is 0 Å². The van der Waals surface area contributed by atoms with Crippen molar-refractivity contribution in [2.24, 2.45) is 0 Å². The van der Waals surface area contributed by atoms with Crippen LogP contribution in [0.4, 0.5) is 0 Å². The fourth-order valence-corrected chi connectivity index (χ4v) is 3.04. The van der Waals surface area contributed by atoms with Gasteiger partial charge in [-0.25, -0.2) is 0 Å². The number of nitrogens with one attached hydrogen (secondary N) is 1. The molecule has 0 aromatic heterocycles. The molecule has 3 heteroatoms. The minimum atomic E-state index is -0.133. The molecular formula is C17H26N2O. The molecule has 0 fully saturated rings. The Balaban J connectivity index is 2.11. The summed E-state index contributed by atoms with van der Waals surface area (Å²) in [4.78, 5) is 14.0. The van der Waals surface area contributed by atoms with E-state index in [1.54, 1.807) is 4.90 Å². The number of amides is 1. The number of carbonyl (C=O) groups excluding carboxylic acids is 1. The van der Waals surface area contributed by atoms with E-state index in [0.29, 0.717) is 12.0 Å². The average molecular weight is 274 g/mol. The second-order valence-electron chi connectivity index (χ2n) is 5.90. The maximum absolute atomic E-state index is 12.2. The zero-order valence-electron chi connectivity index (χ0n) is 13.0. The van der Waals surface area contributed by atoms with Crippen molar-refractivity contribution in [3.8, 4) is 0 Å². The summed E-state index contributed by atoms with van der Waals surface area (Å²) in [6.45, 7) is 7.01. The Hall–Kier alpha value is -1.35. The lowest BCUT2D eigenvalue weighted by molar-refractivity contribution is -0.131. The number of rotatable bonds is 4. The Kier molecular flexibility index (Phi) is 4.81. The summed E-state index contributed by atoms with van der Waals surface area (Å²) >= 11 is 0. The molecule has 110 valence electrons. The van der Waals surface area contributed by atoms with Gasteiger partial charge in [-0.1, -0.05) is 31.2 Å². The summed E-state index contributed by atoms with van der Waals surface area (Å²) in [6, 6.07) is 8.79. The molecule has 2 rings (SSSR count). The number of nitrogens with zero attached hydrogens (tertiary/aromatic N) is 1. The lowest BCUT2D eigenvalue weighted by Gasteiger charge is -2.33. The summed E-state index contributed by atoms with van der Waals surface area (Å²) in [5.74, 6) is 0.789. The fourth-order valence-electron chi connectivity index (χ4n) is 3.04. The van der Waals surface area contributed by atoms with Crippen LogP contribution in [-0.2, 0) is 4.79 Å². The molecule has 1 aromatic carbocycles. The summed E-state index contributed by atoms with van der Waals surface area (Å²) in [5, 5.41) is 3.52. The number of benzene rings is 1. The second kappa shape index (κ2) is 6.40. The zero-order valence-corrected chi connectivity index (χ0v) is 13.0. The van der Waals surface area contributed by atoms with Gasteiger partial charge in [-0.3, -0.25) is 10.1 Å². The monoisotopic (exact) mass is 274 g/mol. The van der Waals surface area contributed by atoms with E-state index >= 15 is 0 Å². The van der Waals surface area contributed by atoms with Gasteiger partial charge in [0.15, 0.2) is 0 Å². The number of likely N-dealkylation sites (N-methyl/N-ethyl adjacent to an activating group) is 1. The van der Waals surface area contributed by atoms with Gasteiger partial charge in [0, 0.05) is 19.6 Å². The molecule has 1 aliphatic carbocycles. The molecule has 20 heavy (non-hydrogen) atoms. The quantitative estimate of drug-likeness (QED) is 0.915. The van der Waals surface area contributed by atoms with Crippen molar-refractivity contribution in [1.29, 1.82) is 0 Å². The van der Waals surface area contributed by atoms with Gasteiger partial charge in [0.1, 0.15) is 0 Å². The highest BCUT2D eigenvalue weighted by atomic mass is 16.2. The Morgan fingerprint density at radius 1 is 1.35 bits per heavy atom. The largest absolute Gasteiger partial charge is 0.345 e. The number of fused-ring (bicyclic) bond motifs is 1. The predicted octanol–water partition coefficient (Wildman–Crippen LogP) is 3.08. The van der Waals surface area contributed by atoms with Gasteiger partial charge in [-0.15, -0.1) is 0 Å². The molecule has 1 N–H and O–H groups in total. The SMILES string of the molecule is CCN(C)C(=O)C(C)NC1CCC(C)c2ccccc21. The Labute approximate surface area is 122 Å². The van der Waals surface area contributed by atoms with Crippen molar-refractivity contribution < 1.29 is 4.79 Å². The maximum Gasteiger partial charge on any atom is 0.239 e. The molecule has 0 aliphatic heterocycles. The number of hydrogen-bond acceptors (Lipinski definition) is 2. The predicted molar refractivity (Wildman–Crippen MR) is 82.7 cm³/mol. The minimum absolute atomic E-state index is 0.133. The van der Waals surface area contributed by atoms with Gasteiger partial charge in [0.25, 0.3) is 0 Å². The third-order valence-corrected chi connectivity index (χ3v) is 4.46. The van der Waals surface area contributed by atoms with Crippen LogP contribution < -0.4 is 5.32 Å². The molecule has 0 saturated heterocycles. The van der Waals surface area contributed by atoms with Gasteiger partial charge in [-0.2, -0.15) is 0 Å². The first-order chi connectivity index (χ1) is 9.54. The Morgan fingerprint density at radius 3 is 2.65 bits per heavy atom. The normalized spacial score (nSPS) is 23.0. The Bertz CT molecular complexity index is 472. The molecule has 3 unspecified atom stereocenters. The Morgan fingerprint density at radius 2 is 2.00 bits per heavy atom. The first-order valence-electron chi connectivity index (χ1n) is 7.64. The second-order valence-corrected chi connectivity index (χ2v) is 5.90. The van der Waals surface area contributed by atoms with E-state index in [9.17, 15) is 4.79 Å². The van der Waals surface area contributed by atoms with E-state index in [1.807, 2.05) is 20.9 Å². The van der Waals surface area contributed by atoms with Crippen LogP contribution in [0.25, 0.3) is 0 Å². The highest BCUT2D eigenvalue weighted by Crippen LogP contribution is 2.37. The highest BCUT2D eigenvalue weighted by Gasteiger charge is 2.27. The smallest absolute Gasteiger partial charge is 0.239 e. The van der Waals surface area contributed by atoms with Crippen LogP contribution in [0.15, 0.2) is 24.3 Å². The lowest BCUT2D eigenvalue weighted by Crippen LogP contribution is -2.45. The first kappa shape index (κ1) is 15.0. The van der Waals surface area contributed by atoms with E-state index in [4.69, 9.17) is 0 Å². The molecule has 0 radical (unpaired) electrons. The van der Waals surface area contributed by atoms with Crippen molar-refractivity contribution in [2.45, 2.75) is 51.6 Å². The topological polar surface area (TPSA) is 32.3 Å². The van der Waals surface area contributed by atoms with Crippen LogP contribution in [0.3, 0.4) is 0 Å². The van der Waals surface area contributed by atoms with Crippen LogP contribution in [0, 0.1) is 0 Å². The van der Waals surface area contributed by atoms with Gasteiger partial charge < -0.3 is 4.90 Å². The third kappa shape index (κ3) is 3.04. The van der Waals surface area contributed by atoms with Crippen LogP contribution in [0.5, 0.6) is 0 Å². The summed E-state index contributed by atoms with van der Waals surface area (Å²) in [6.07, 6.45) is 2.28. The fraction of sp³-hybridized carbons (Fsp3) is 0.588. The molecule has 0 spiro atoms. The van der Waals surface area contributed by atoms with E-state index in [-0.39, 0.29) is 11.9 Å². The molecule has 3 nitrogen and oxygen atoms in total. The molecular weight excluding hydrogens is 248 g/mol. The van der Waals surface area contributed by atoms with Gasteiger partial charge in [0.05, 0.1) is 6.04 Å². The molecule has 0 bridgehead atoms. The molecule has 1 aliphatic rings. The van der Waals surface area contributed by atoms with Gasteiger partial charge in [0.2, 0.25) is 5.91 Å². The number of hydrogen-bond donors (Lipinski definition) is 1. The van der Waals surface area contributed by atoms with E-state index in [0.717, 1.165) is 13.0 Å². The molecule has 0 heterocycles. The number of carbonyl (C=O) groups is 1. The molecule has 3 atom stereocenters. The molecule has 1 amide bonds. The minimum Gasteiger partial charge on any atom is -0.345 e. The zero-order chi connectivity index (χ0) is 14.7. The summed E-state index contributed by atoms with van der Waals surface area (Å²) in [5.41, 5.74) is 2.80. The van der Waals surface area contributed by atoms with E-state index in [2.05, 4.69) is 36.5 Å². The van der Waals surface area contributed by atoms with Crippen molar-refractivity contribution in [3.05, 3.63) is 35.4 Å². The van der Waals surface area contributed by atoms with Crippen LogP contribution >= 0.6 is 0 Å². The summed E-state index contributed by atoms with van der Waals surface area (Å²) in [7, 11) is 1.86. The van der Waals surface area contributed by atoms with E-state index < -0.39 is 0 Å². The van der Waals surface area contributed by atoms with Crippen molar-refractivity contribution in [2.75, 3.05) is 13.6 Å². The molecule has 1 aromatic rings. The van der Waals surface area contributed by atoms with Crippen LogP contribution in [-0.4, -0.2) is 30.4 Å². The lowest BCUT2D eigenvalue weighted by atomic mass is 9.81.